The molecule has 2 aliphatic heterocycles. The van der Waals surface area contributed by atoms with Crippen LogP contribution in [0.25, 0.3) is 10.4 Å². The summed E-state index contributed by atoms with van der Waals surface area (Å²) in [6, 6.07) is 10.8. The molecule has 41 heavy (non-hydrogen) atoms. The SMILES string of the molecule is N#CC1(NC(=O)C2CCCCC2c2nc(N3CCC4(CC3)CC4)sc2-c2ccc(N3CCS(=O)(=O)CC3)cc2)CC1. The number of carbonyl (C=O) groups excluding carboxylic acids is 1. The number of hydrogen-bond donors (Lipinski definition) is 1. The Morgan fingerprint density at radius 3 is 2.27 bits per heavy atom. The predicted molar refractivity (Wildman–Crippen MR) is 162 cm³/mol. The topological polar surface area (TPSA) is 106 Å². The number of piperidine rings is 1. The van der Waals surface area contributed by atoms with Gasteiger partial charge in [-0.3, -0.25) is 4.79 Å². The molecule has 2 atom stereocenters. The summed E-state index contributed by atoms with van der Waals surface area (Å²) in [4.78, 5) is 24.6. The minimum atomic E-state index is -2.93. The molecule has 1 spiro atoms. The zero-order chi connectivity index (χ0) is 28.2. The molecule has 3 aliphatic carbocycles. The van der Waals surface area contributed by atoms with E-state index in [2.05, 4.69) is 45.5 Å². The molecular weight excluding hydrogens is 555 g/mol. The first-order chi connectivity index (χ1) is 19.8. The molecule has 2 aromatic rings. The number of rotatable bonds is 6. The molecular formula is C31H39N5O3S2. The van der Waals surface area contributed by atoms with Gasteiger partial charge >= 0.3 is 0 Å². The Hall–Kier alpha value is -2.64. The molecule has 218 valence electrons. The summed E-state index contributed by atoms with van der Waals surface area (Å²) in [6.07, 6.45) is 10.5. The van der Waals surface area contributed by atoms with E-state index in [0.717, 1.165) is 78.6 Å². The van der Waals surface area contributed by atoms with Crippen LogP contribution >= 0.6 is 11.3 Å². The summed E-state index contributed by atoms with van der Waals surface area (Å²) in [5, 5.41) is 13.8. The fraction of sp³-hybridized carbons (Fsp3) is 0.645. The summed E-state index contributed by atoms with van der Waals surface area (Å²) in [5.41, 5.74) is 3.12. The maximum atomic E-state index is 13.6. The van der Waals surface area contributed by atoms with Crippen molar-refractivity contribution in [2.75, 3.05) is 47.5 Å². The Morgan fingerprint density at radius 2 is 1.63 bits per heavy atom. The lowest BCUT2D eigenvalue weighted by atomic mass is 9.76. The van der Waals surface area contributed by atoms with Crippen molar-refractivity contribution < 1.29 is 13.2 Å². The van der Waals surface area contributed by atoms with E-state index >= 15 is 0 Å². The third-order valence-corrected chi connectivity index (χ3v) is 13.1. The van der Waals surface area contributed by atoms with Gasteiger partial charge in [-0.25, -0.2) is 13.4 Å². The fourth-order valence-electron chi connectivity index (χ4n) is 7.05. The number of aromatic nitrogens is 1. The molecule has 10 heteroatoms. The van der Waals surface area contributed by atoms with Gasteiger partial charge in [0.25, 0.3) is 0 Å². The number of benzene rings is 1. The molecule has 3 saturated carbocycles. The number of sulfone groups is 1. The Labute approximate surface area is 247 Å². The molecule has 5 aliphatic rings. The molecule has 1 N–H and O–H groups in total. The average Bonchev–Trinajstić information content (AvgIpc) is 3.90. The predicted octanol–water partition coefficient (Wildman–Crippen LogP) is 4.87. The Kier molecular flexibility index (Phi) is 6.81. The number of thiazole rings is 1. The quantitative estimate of drug-likeness (QED) is 0.509. The highest BCUT2D eigenvalue weighted by molar-refractivity contribution is 7.91. The first kappa shape index (κ1) is 27.2. The van der Waals surface area contributed by atoms with Crippen LogP contribution in [-0.2, 0) is 14.6 Å². The number of nitrogens with zero attached hydrogens (tertiary/aromatic N) is 4. The lowest BCUT2D eigenvalue weighted by Crippen LogP contribution is -2.42. The van der Waals surface area contributed by atoms with Crippen molar-refractivity contribution >= 4 is 37.9 Å². The number of nitriles is 1. The standard InChI is InChI=1S/C31H39N5O3S2/c32-21-31(11-12-31)34-28(37)25-4-2-1-3-24(25)26-27(40-29(33-26)36-15-13-30(9-10-30)14-16-36)22-5-7-23(8-6-22)35-17-19-41(38,39)20-18-35/h5-8,24-25H,1-4,9-20H2,(H,34,37). The van der Waals surface area contributed by atoms with Crippen LogP contribution in [0.4, 0.5) is 10.8 Å². The minimum absolute atomic E-state index is 0.0123. The van der Waals surface area contributed by atoms with Crippen LogP contribution in [-0.4, -0.2) is 62.5 Å². The molecule has 8 nitrogen and oxygen atoms in total. The minimum Gasteiger partial charge on any atom is -0.369 e. The molecule has 7 rings (SSSR count). The summed E-state index contributed by atoms with van der Waals surface area (Å²) >= 11 is 1.76. The van der Waals surface area contributed by atoms with Crippen molar-refractivity contribution in [3.8, 4) is 16.5 Å². The molecule has 1 amide bonds. The normalized spacial score (nSPS) is 27.7. The fourth-order valence-corrected chi connectivity index (χ4v) is 9.44. The van der Waals surface area contributed by atoms with E-state index in [-0.39, 0.29) is 29.2 Å². The van der Waals surface area contributed by atoms with E-state index < -0.39 is 15.4 Å². The van der Waals surface area contributed by atoms with Gasteiger partial charge in [0.05, 0.1) is 28.1 Å². The van der Waals surface area contributed by atoms with E-state index in [1.54, 1.807) is 11.3 Å². The molecule has 0 radical (unpaired) electrons. The molecule has 2 unspecified atom stereocenters. The molecule has 3 heterocycles. The molecule has 1 aromatic carbocycles. The highest BCUT2D eigenvalue weighted by atomic mass is 32.2. The summed E-state index contributed by atoms with van der Waals surface area (Å²) in [6.45, 7) is 3.14. The van der Waals surface area contributed by atoms with Crippen LogP contribution in [0.3, 0.4) is 0 Å². The second kappa shape index (κ2) is 10.3. The maximum absolute atomic E-state index is 13.6. The van der Waals surface area contributed by atoms with Gasteiger partial charge in [-0.05, 0) is 74.5 Å². The number of hydrogen-bond acceptors (Lipinski definition) is 8. The number of amides is 1. The van der Waals surface area contributed by atoms with E-state index in [9.17, 15) is 18.5 Å². The number of carbonyl (C=O) groups is 1. The van der Waals surface area contributed by atoms with Gasteiger partial charge in [0.2, 0.25) is 5.91 Å². The maximum Gasteiger partial charge on any atom is 0.225 e. The van der Waals surface area contributed by atoms with E-state index in [1.807, 2.05) is 0 Å². The van der Waals surface area contributed by atoms with Crippen molar-refractivity contribution in [3.63, 3.8) is 0 Å². The average molecular weight is 594 g/mol. The third-order valence-electron chi connectivity index (χ3n) is 10.3. The smallest absolute Gasteiger partial charge is 0.225 e. The van der Waals surface area contributed by atoms with Gasteiger partial charge in [0, 0.05) is 43.7 Å². The summed E-state index contributed by atoms with van der Waals surface area (Å²) in [5.74, 6) is 0.274. The van der Waals surface area contributed by atoms with Crippen LogP contribution in [0.1, 0.15) is 75.8 Å². The monoisotopic (exact) mass is 593 g/mol. The zero-order valence-corrected chi connectivity index (χ0v) is 25.2. The van der Waals surface area contributed by atoms with Crippen LogP contribution in [0.15, 0.2) is 24.3 Å². The van der Waals surface area contributed by atoms with Crippen molar-refractivity contribution in [3.05, 3.63) is 30.0 Å². The molecule has 2 saturated heterocycles. The van der Waals surface area contributed by atoms with Gasteiger partial charge in [0.1, 0.15) is 5.54 Å². The highest BCUT2D eigenvalue weighted by Crippen LogP contribution is 2.54. The molecule has 5 fully saturated rings. The van der Waals surface area contributed by atoms with Crippen molar-refractivity contribution in [2.24, 2.45) is 11.3 Å². The van der Waals surface area contributed by atoms with Gasteiger partial charge in [-0.1, -0.05) is 36.3 Å². The highest BCUT2D eigenvalue weighted by Gasteiger charge is 2.48. The molecule has 0 bridgehead atoms. The Morgan fingerprint density at radius 1 is 0.951 bits per heavy atom. The third kappa shape index (κ3) is 5.48. The molecule has 1 aromatic heterocycles. The van der Waals surface area contributed by atoms with Crippen molar-refractivity contribution in [1.82, 2.24) is 10.3 Å². The van der Waals surface area contributed by atoms with Crippen molar-refractivity contribution in [1.29, 1.82) is 5.26 Å². The van der Waals surface area contributed by atoms with Crippen molar-refractivity contribution in [2.45, 2.75) is 75.7 Å². The van der Waals surface area contributed by atoms with Gasteiger partial charge in [-0.15, -0.1) is 0 Å². The van der Waals surface area contributed by atoms with E-state index in [0.29, 0.717) is 18.5 Å². The summed E-state index contributed by atoms with van der Waals surface area (Å²) in [7, 11) is -2.93. The largest absolute Gasteiger partial charge is 0.369 e. The van der Waals surface area contributed by atoms with Crippen LogP contribution in [0.5, 0.6) is 0 Å². The van der Waals surface area contributed by atoms with Gasteiger partial charge in [-0.2, -0.15) is 5.26 Å². The Balaban J connectivity index is 1.19. The van der Waals surface area contributed by atoms with Crippen LogP contribution < -0.4 is 15.1 Å². The zero-order valence-electron chi connectivity index (χ0n) is 23.6. The van der Waals surface area contributed by atoms with Gasteiger partial charge in [0.15, 0.2) is 15.0 Å². The van der Waals surface area contributed by atoms with Crippen LogP contribution in [0.2, 0.25) is 0 Å². The van der Waals surface area contributed by atoms with E-state index in [4.69, 9.17) is 4.98 Å². The second-order valence-corrected chi connectivity index (χ2v) is 16.3. The second-order valence-electron chi connectivity index (χ2n) is 13.1. The lowest BCUT2D eigenvalue weighted by molar-refractivity contribution is -0.127. The lowest BCUT2D eigenvalue weighted by Gasteiger charge is -2.32. The number of nitrogens with one attached hydrogen (secondary N) is 1. The summed E-state index contributed by atoms with van der Waals surface area (Å²) < 4.78 is 23.8. The number of anilines is 2. The Bertz CT molecular complexity index is 1450. The van der Waals surface area contributed by atoms with Crippen LogP contribution in [0, 0.1) is 22.7 Å². The van der Waals surface area contributed by atoms with E-state index in [1.165, 1.54) is 25.7 Å². The van der Waals surface area contributed by atoms with Gasteiger partial charge < -0.3 is 15.1 Å². The first-order valence-electron chi connectivity index (χ1n) is 15.3. The first-order valence-corrected chi connectivity index (χ1v) is 18.0.